The highest BCUT2D eigenvalue weighted by Gasteiger charge is 2.20. The van der Waals surface area contributed by atoms with Crippen molar-refractivity contribution in [3.05, 3.63) is 18.0 Å². The number of sulfonamides is 1. The van der Waals surface area contributed by atoms with E-state index in [0.29, 0.717) is 18.2 Å². The third-order valence-electron chi connectivity index (χ3n) is 3.31. The van der Waals surface area contributed by atoms with Gasteiger partial charge in [-0.05, 0) is 38.7 Å². The molecular formula is C14H26N2O3S. The van der Waals surface area contributed by atoms with E-state index in [0.717, 1.165) is 12.8 Å². The maximum Gasteiger partial charge on any atom is 0.242 e. The molecule has 1 atom stereocenters. The normalized spacial score (nSPS) is 13.9. The number of aryl methyl sites for hydroxylation is 1. The van der Waals surface area contributed by atoms with Crippen molar-refractivity contribution in [3.8, 4) is 0 Å². The molecule has 0 aliphatic carbocycles. The Kier molecular flexibility index (Phi) is 6.23. The highest BCUT2D eigenvalue weighted by atomic mass is 32.2. The Bertz CT molecular complexity index is 499. The minimum atomic E-state index is -3.51. The SMILES string of the molecule is CCn1cc(S(=O)(=O)NC(C)CCC(C)C)cc1CO. The molecule has 0 aliphatic rings. The van der Waals surface area contributed by atoms with Crippen molar-refractivity contribution in [2.24, 2.45) is 5.92 Å². The summed E-state index contributed by atoms with van der Waals surface area (Å²) in [6.45, 7) is 8.50. The van der Waals surface area contributed by atoms with E-state index in [-0.39, 0.29) is 17.5 Å². The number of rotatable bonds is 8. The van der Waals surface area contributed by atoms with Crippen LogP contribution in [0.15, 0.2) is 17.2 Å². The molecule has 1 heterocycles. The molecule has 1 aromatic heterocycles. The molecule has 5 nitrogen and oxygen atoms in total. The van der Waals surface area contributed by atoms with E-state index in [2.05, 4.69) is 18.6 Å². The fraction of sp³-hybridized carbons (Fsp3) is 0.714. The molecule has 0 saturated heterocycles. The predicted octanol–water partition coefficient (Wildman–Crippen LogP) is 2.10. The molecule has 0 amide bonds. The van der Waals surface area contributed by atoms with Crippen molar-refractivity contribution in [2.75, 3.05) is 0 Å². The van der Waals surface area contributed by atoms with Crippen LogP contribution in [0.4, 0.5) is 0 Å². The minimum Gasteiger partial charge on any atom is -0.390 e. The first-order valence-electron chi connectivity index (χ1n) is 7.12. The first-order chi connectivity index (χ1) is 9.30. The number of aromatic nitrogens is 1. The summed E-state index contributed by atoms with van der Waals surface area (Å²) in [4.78, 5) is 0.222. The van der Waals surface area contributed by atoms with E-state index < -0.39 is 10.0 Å². The zero-order valence-corrected chi connectivity index (χ0v) is 13.6. The topological polar surface area (TPSA) is 71.3 Å². The van der Waals surface area contributed by atoms with Crippen LogP contribution in [0.2, 0.25) is 0 Å². The number of hydrogen-bond acceptors (Lipinski definition) is 3. The van der Waals surface area contributed by atoms with E-state index in [1.54, 1.807) is 10.8 Å². The molecule has 20 heavy (non-hydrogen) atoms. The number of aliphatic hydroxyl groups excluding tert-OH is 1. The van der Waals surface area contributed by atoms with Gasteiger partial charge in [0.1, 0.15) is 0 Å². The lowest BCUT2D eigenvalue weighted by atomic mass is 10.1. The lowest BCUT2D eigenvalue weighted by Crippen LogP contribution is -2.32. The molecule has 116 valence electrons. The zero-order valence-electron chi connectivity index (χ0n) is 12.8. The maximum absolute atomic E-state index is 12.3. The number of nitrogens with one attached hydrogen (secondary N) is 1. The van der Waals surface area contributed by atoms with Crippen LogP contribution in [-0.4, -0.2) is 24.1 Å². The summed E-state index contributed by atoms with van der Waals surface area (Å²) >= 11 is 0. The van der Waals surface area contributed by atoms with Gasteiger partial charge >= 0.3 is 0 Å². The third-order valence-corrected chi connectivity index (χ3v) is 4.86. The minimum absolute atomic E-state index is 0.0926. The first-order valence-corrected chi connectivity index (χ1v) is 8.60. The molecule has 1 rings (SSSR count). The van der Waals surface area contributed by atoms with Gasteiger partial charge in [-0.2, -0.15) is 0 Å². The standard InChI is InChI=1S/C14H26N2O3S/c1-5-16-9-14(8-13(16)10-17)20(18,19)15-12(4)7-6-11(2)3/h8-9,11-12,15,17H,5-7,10H2,1-4H3. The highest BCUT2D eigenvalue weighted by Crippen LogP contribution is 2.16. The Labute approximate surface area is 122 Å². The fourth-order valence-electron chi connectivity index (χ4n) is 2.07. The van der Waals surface area contributed by atoms with Crippen LogP contribution in [0, 0.1) is 5.92 Å². The average molecular weight is 302 g/mol. The molecular weight excluding hydrogens is 276 g/mol. The lowest BCUT2D eigenvalue weighted by Gasteiger charge is -2.14. The van der Waals surface area contributed by atoms with E-state index in [1.807, 2.05) is 13.8 Å². The molecule has 0 aliphatic heterocycles. The van der Waals surface area contributed by atoms with E-state index in [9.17, 15) is 13.5 Å². The van der Waals surface area contributed by atoms with Gasteiger partial charge in [-0.15, -0.1) is 0 Å². The van der Waals surface area contributed by atoms with Crippen LogP contribution >= 0.6 is 0 Å². The van der Waals surface area contributed by atoms with Crippen LogP contribution in [-0.2, 0) is 23.2 Å². The smallest absolute Gasteiger partial charge is 0.242 e. The summed E-state index contributed by atoms with van der Waals surface area (Å²) in [5.74, 6) is 0.559. The number of nitrogens with zero attached hydrogens (tertiary/aromatic N) is 1. The molecule has 2 N–H and O–H groups in total. The molecule has 0 radical (unpaired) electrons. The van der Waals surface area contributed by atoms with Crippen LogP contribution in [0.5, 0.6) is 0 Å². The molecule has 0 bridgehead atoms. The summed E-state index contributed by atoms with van der Waals surface area (Å²) in [6, 6.07) is 1.44. The first kappa shape index (κ1) is 17.2. The van der Waals surface area contributed by atoms with Gasteiger partial charge < -0.3 is 9.67 Å². The van der Waals surface area contributed by atoms with Gasteiger partial charge in [0.2, 0.25) is 10.0 Å². The van der Waals surface area contributed by atoms with Gasteiger partial charge in [-0.1, -0.05) is 13.8 Å². The van der Waals surface area contributed by atoms with Gasteiger partial charge in [0.05, 0.1) is 11.5 Å². The lowest BCUT2D eigenvalue weighted by molar-refractivity contribution is 0.271. The van der Waals surface area contributed by atoms with Crippen molar-refractivity contribution < 1.29 is 13.5 Å². The van der Waals surface area contributed by atoms with Gasteiger partial charge in [0, 0.05) is 24.5 Å². The second-order valence-corrected chi connectivity index (χ2v) is 7.32. The van der Waals surface area contributed by atoms with Crippen LogP contribution in [0.3, 0.4) is 0 Å². The zero-order chi connectivity index (χ0) is 15.3. The Morgan fingerprint density at radius 1 is 1.30 bits per heavy atom. The molecule has 6 heteroatoms. The Balaban J connectivity index is 2.80. The van der Waals surface area contributed by atoms with Crippen molar-refractivity contribution in [1.82, 2.24) is 9.29 Å². The van der Waals surface area contributed by atoms with E-state index >= 15 is 0 Å². The molecule has 0 saturated carbocycles. The monoisotopic (exact) mass is 302 g/mol. The molecule has 0 fully saturated rings. The highest BCUT2D eigenvalue weighted by molar-refractivity contribution is 7.89. The fourth-order valence-corrected chi connectivity index (χ4v) is 3.41. The maximum atomic E-state index is 12.3. The van der Waals surface area contributed by atoms with Gasteiger partial charge in [-0.3, -0.25) is 0 Å². The number of hydrogen-bond donors (Lipinski definition) is 2. The van der Waals surface area contributed by atoms with Crippen molar-refractivity contribution >= 4 is 10.0 Å². The number of aliphatic hydroxyl groups is 1. The summed E-state index contributed by atoms with van der Waals surface area (Å²) in [6.07, 6.45) is 3.38. The Morgan fingerprint density at radius 2 is 1.95 bits per heavy atom. The van der Waals surface area contributed by atoms with E-state index in [1.165, 1.54) is 6.07 Å². The van der Waals surface area contributed by atoms with Crippen LogP contribution < -0.4 is 4.72 Å². The summed E-state index contributed by atoms with van der Waals surface area (Å²) in [7, 11) is -3.51. The van der Waals surface area contributed by atoms with Gasteiger partial charge in [0.15, 0.2) is 0 Å². The van der Waals surface area contributed by atoms with Crippen LogP contribution in [0.1, 0.15) is 46.2 Å². The average Bonchev–Trinajstić information content (AvgIpc) is 2.79. The predicted molar refractivity (Wildman–Crippen MR) is 79.9 cm³/mol. The van der Waals surface area contributed by atoms with Crippen molar-refractivity contribution in [3.63, 3.8) is 0 Å². The summed E-state index contributed by atoms with van der Waals surface area (Å²) in [5, 5.41) is 9.22. The van der Waals surface area contributed by atoms with Gasteiger partial charge in [0.25, 0.3) is 0 Å². The van der Waals surface area contributed by atoms with Crippen molar-refractivity contribution in [2.45, 2.75) is 64.6 Å². The Morgan fingerprint density at radius 3 is 2.40 bits per heavy atom. The van der Waals surface area contributed by atoms with E-state index in [4.69, 9.17) is 0 Å². The third kappa shape index (κ3) is 4.61. The quantitative estimate of drug-likeness (QED) is 0.772. The summed E-state index contributed by atoms with van der Waals surface area (Å²) < 4.78 is 29.0. The largest absolute Gasteiger partial charge is 0.390 e. The Hall–Kier alpha value is -0.850. The second kappa shape index (κ2) is 7.24. The summed E-state index contributed by atoms with van der Waals surface area (Å²) in [5.41, 5.74) is 0.614. The molecule has 1 aromatic rings. The molecule has 0 spiro atoms. The molecule has 1 unspecified atom stereocenters. The van der Waals surface area contributed by atoms with Gasteiger partial charge in [-0.25, -0.2) is 13.1 Å². The molecule has 0 aromatic carbocycles. The van der Waals surface area contributed by atoms with Crippen molar-refractivity contribution in [1.29, 1.82) is 0 Å². The second-order valence-electron chi connectivity index (χ2n) is 5.60. The van der Waals surface area contributed by atoms with Crippen LogP contribution in [0.25, 0.3) is 0 Å².